The van der Waals surface area contributed by atoms with Crippen LogP contribution in [0.3, 0.4) is 0 Å². The van der Waals surface area contributed by atoms with Gasteiger partial charge in [0.25, 0.3) is 5.91 Å². The molecule has 1 fully saturated rings. The van der Waals surface area contributed by atoms with Crippen LogP contribution in [0.2, 0.25) is 0 Å². The van der Waals surface area contributed by atoms with Crippen LogP contribution in [-0.4, -0.2) is 23.4 Å². The average Bonchev–Trinajstić information content (AvgIpc) is 2.90. The van der Waals surface area contributed by atoms with E-state index in [-0.39, 0.29) is 18.5 Å². The van der Waals surface area contributed by atoms with Gasteiger partial charge in [0.15, 0.2) is 0 Å². The van der Waals surface area contributed by atoms with Crippen LogP contribution in [0.4, 0.5) is 4.79 Å². The van der Waals surface area contributed by atoms with Gasteiger partial charge in [0.2, 0.25) is 0 Å². The highest BCUT2D eigenvalue weighted by Gasteiger charge is 2.51. The zero-order valence-corrected chi connectivity index (χ0v) is 15.2. The molecule has 2 aromatic carbocycles. The van der Waals surface area contributed by atoms with Crippen LogP contribution in [0.1, 0.15) is 37.8 Å². The Balaban J connectivity index is 1.93. The first kappa shape index (κ1) is 18.0. The second kappa shape index (κ2) is 7.60. The lowest BCUT2D eigenvalue weighted by Crippen LogP contribution is -2.43. The van der Waals surface area contributed by atoms with Crippen LogP contribution in [0, 0.1) is 0 Å². The zero-order valence-electron chi connectivity index (χ0n) is 15.2. The van der Waals surface area contributed by atoms with Crippen LogP contribution < -0.4 is 10.1 Å². The van der Waals surface area contributed by atoms with Gasteiger partial charge in [-0.2, -0.15) is 0 Å². The van der Waals surface area contributed by atoms with E-state index in [0.29, 0.717) is 18.8 Å². The summed E-state index contributed by atoms with van der Waals surface area (Å²) in [5.74, 6) is 0.491. The highest BCUT2D eigenvalue weighted by molar-refractivity contribution is 6.07. The lowest BCUT2D eigenvalue weighted by molar-refractivity contribution is -0.132. The Hall–Kier alpha value is -2.82. The number of rotatable bonds is 7. The average molecular weight is 352 g/mol. The number of hydrogen-bond donors (Lipinski definition) is 1. The van der Waals surface area contributed by atoms with E-state index in [0.717, 1.165) is 17.5 Å². The summed E-state index contributed by atoms with van der Waals surface area (Å²) in [6, 6.07) is 16.6. The van der Waals surface area contributed by atoms with E-state index < -0.39 is 5.54 Å². The summed E-state index contributed by atoms with van der Waals surface area (Å²) in [6.07, 6.45) is 1.34. The molecule has 0 unspecified atom stereocenters. The fourth-order valence-electron chi connectivity index (χ4n) is 3.48. The molecule has 1 saturated heterocycles. The normalized spacial score (nSPS) is 19.5. The fraction of sp³-hybridized carbons (Fsp3) is 0.333. The molecule has 0 radical (unpaired) electrons. The molecule has 2 aromatic rings. The van der Waals surface area contributed by atoms with Gasteiger partial charge in [-0.05, 0) is 25.0 Å². The van der Waals surface area contributed by atoms with Gasteiger partial charge in [-0.15, -0.1) is 0 Å². The van der Waals surface area contributed by atoms with E-state index in [2.05, 4.69) is 5.32 Å². The predicted octanol–water partition coefficient (Wildman–Crippen LogP) is 3.83. The Kier molecular flexibility index (Phi) is 5.26. The number of hydrogen-bond acceptors (Lipinski definition) is 3. The van der Waals surface area contributed by atoms with E-state index in [1.165, 1.54) is 4.90 Å². The molecule has 1 heterocycles. The third-order valence-electron chi connectivity index (χ3n) is 4.67. The van der Waals surface area contributed by atoms with Crippen molar-refractivity contribution in [2.24, 2.45) is 0 Å². The first-order valence-corrected chi connectivity index (χ1v) is 9.02. The van der Waals surface area contributed by atoms with Gasteiger partial charge in [-0.1, -0.05) is 61.9 Å². The number of nitrogens with one attached hydrogen (secondary N) is 1. The van der Waals surface area contributed by atoms with Crippen molar-refractivity contribution in [1.29, 1.82) is 0 Å². The first-order chi connectivity index (χ1) is 12.6. The van der Waals surface area contributed by atoms with Crippen LogP contribution in [-0.2, 0) is 16.9 Å². The summed E-state index contributed by atoms with van der Waals surface area (Å²) in [5, 5.41) is 2.95. The molecule has 3 amide bonds. The van der Waals surface area contributed by atoms with Gasteiger partial charge in [-0.25, -0.2) is 4.79 Å². The summed E-state index contributed by atoms with van der Waals surface area (Å²) in [6.45, 7) is 4.64. The smallest absolute Gasteiger partial charge is 0.325 e. The Morgan fingerprint density at radius 2 is 1.69 bits per heavy atom. The van der Waals surface area contributed by atoms with Crippen molar-refractivity contribution in [2.45, 2.75) is 38.8 Å². The third-order valence-corrected chi connectivity index (χ3v) is 4.67. The Morgan fingerprint density at radius 1 is 1.00 bits per heavy atom. The van der Waals surface area contributed by atoms with Crippen molar-refractivity contribution in [3.05, 3.63) is 65.7 Å². The SMILES string of the molecule is CCC[C@]1(c2ccccc2)NC(=O)N(Cc2ccccc2OCC)C1=O. The molecule has 0 saturated carbocycles. The minimum absolute atomic E-state index is 0.194. The summed E-state index contributed by atoms with van der Waals surface area (Å²) in [5.41, 5.74) is 0.646. The molecular formula is C21H24N2O3. The molecule has 5 nitrogen and oxygen atoms in total. The van der Waals surface area contributed by atoms with Crippen LogP contribution in [0.25, 0.3) is 0 Å². The lowest BCUT2D eigenvalue weighted by Gasteiger charge is -2.27. The summed E-state index contributed by atoms with van der Waals surface area (Å²) in [4.78, 5) is 27.3. The van der Waals surface area contributed by atoms with Crippen molar-refractivity contribution >= 4 is 11.9 Å². The van der Waals surface area contributed by atoms with E-state index in [1.54, 1.807) is 0 Å². The molecule has 136 valence electrons. The van der Waals surface area contributed by atoms with Crippen molar-refractivity contribution in [1.82, 2.24) is 10.2 Å². The maximum Gasteiger partial charge on any atom is 0.325 e. The molecule has 0 aliphatic carbocycles. The molecule has 1 aliphatic rings. The standard InChI is InChI=1S/C21H24N2O3/c1-3-14-21(17-11-6-5-7-12-17)19(24)23(20(25)22-21)15-16-10-8-9-13-18(16)26-4-2/h5-13H,3-4,14-15H2,1-2H3,(H,22,25)/t21-/m1/s1. The number of ether oxygens (including phenoxy) is 1. The van der Waals surface area contributed by atoms with E-state index >= 15 is 0 Å². The highest BCUT2D eigenvalue weighted by atomic mass is 16.5. The quantitative estimate of drug-likeness (QED) is 0.771. The van der Waals surface area contributed by atoms with E-state index in [9.17, 15) is 9.59 Å². The van der Waals surface area contributed by atoms with E-state index in [1.807, 2.05) is 68.4 Å². The van der Waals surface area contributed by atoms with Gasteiger partial charge in [-0.3, -0.25) is 9.69 Å². The number of carbonyl (C=O) groups is 2. The molecule has 26 heavy (non-hydrogen) atoms. The van der Waals surface area contributed by atoms with Crippen LogP contribution >= 0.6 is 0 Å². The maximum absolute atomic E-state index is 13.3. The number of imide groups is 1. The molecule has 0 spiro atoms. The fourth-order valence-corrected chi connectivity index (χ4v) is 3.48. The topological polar surface area (TPSA) is 58.6 Å². The molecule has 3 rings (SSSR count). The molecular weight excluding hydrogens is 328 g/mol. The minimum atomic E-state index is -0.992. The molecule has 5 heteroatoms. The van der Waals surface area contributed by atoms with E-state index in [4.69, 9.17) is 4.74 Å². The molecule has 1 N–H and O–H groups in total. The summed E-state index contributed by atoms with van der Waals surface area (Å²) < 4.78 is 5.63. The second-order valence-corrected chi connectivity index (χ2v) is 6.38. The third kappa shape index (κ3) is 3.17. The Bertz CT molecular complexity index is 791. The largest absolute Gasteiger partial charge is 0.494 e. The summed E-state index contributed by atoms with van der Waals surface area (Å²) >= 11 is 0. The summed E-state index contributed by atoms with van der Waals surface area (Å²) in [7, 11) is 0. The number of para-hydroxylation sites is 1. The van der Waals surface area contributed by atoms with Gasteiger partial charge in [0, 0.05) is 5.56 Å². The monoisotopic (exact) mass is 352 g/mol. The van der Waals surface area contributed by atoms with Crippen molar-refractivity contribution in [2.75, 3.05) is 6.61 Å². The van der Waals surface area contributed by atoms with Crippen molar-refractivity contribution in [3.8, 4) is 5.75 Å². The molecule has 0 aromatic heterocycles. The predicted molar refractivity (Wildman–Crippen MR) is 99.7 cm³/mol. The molecule has 1 atom stereocenters. The molecule has 1 aliphatic heterocycles. The Labute approximate surface area is 154 Å². The van der Waals surface area contributed by atoms with Gasteiger partial charge in [0.05, 0.1) is 13.2 Å². The number of urea groups is 1. The number of amides is 3. The van der Waals surface area contributed by atoms with Crippen LogP contribution in [0.15, 0.2) is 54.6 Å². The first-order valence-electron chi connectivity index (χ1n) is 9.02. The number of nitrogens with zero attached hydrogens (tertiary/aromatic N) is 1. The second-order valence-electron chi connectivity index (χ2n) is 6.38. The number of benzene rings is 2. The van der Waals surface area contributed by atoms with Crippen molar-refractivity contribution < 1.29 is 14.3 Å². The minimum Gasteiger partial charge on any atom is -0.494 e. The van der Waals surface area contributed by atoms with Gasteiger partial charge in [0.1, 0.15) is 11.3 Å². The number of carbonyl (C=O) groups excluding carboxylic acids is 2. The Morgan fingerprint density at radius 3 is 2.38 bits per heavy atom. The zero-order chi connectivity index (χ0) is 18.6. The highest BCUT2D eigenvalue weighted by Crippen LogP contribution is 2.35. The van der Waals surface area contributed by atoms with Gasteiger partial charge < -0.3 is 10.1 Å². The maximum atomic E-state index is 13.3. The van der Waals surface area contributed by atoms with Gasteiger partial charge >= 0.3 is 6.03 Å². The molecule has 0 bridgehead atoms. The van der Waals surface area contributed by atoms with Crippen LogP contribution in [0.5, 0.6) is 5.75 Å². The lowest BCUT2D eigenvalue weighted by atomic mass is 9.85. The van der Waals surface area contributed by atoms with Crippen molar-refractivity contribution in [3.63, 3.8) is 0 Å².